The van der Waals surface area contributed by atoms with E-state index in [1.807, 2.05) is 0 Å². The van der Waals surface area contributed by atoms with Crippen LogP contribution in [0.2, 0.25) is 5.02 Å². The Bertz CT molecular complexity index is 565. The number of hydrogen-bond donors (Lipinski definition) is 2. The summed E-state index contributed by atoms with van der Waals surface area (Å²) in [5, 5.41) is -0.351. The van der Waals surface area contributed by atoms with E-state index in [4.69, 9.17) is 17.4 Å². The third-order valence-electron chi connectivity index (χ3n) is 3.47. The van der Waals surface area contributed by atoms with Gasteiger partial charge in [-0.15, -0.1) is 0 Å². The standard InChI is InChI=1S/C12H16ClFN2O2S/c13-10-5-4-8(14)7-9(10)12(16-15)11-3-1-2-6-19(11,17)18/h4-5,7,11-12,16H,1-3,6,15H2. The van der Waals surface area contributed by atoms with Crippen LogP contribution in [-0.2, 0) is 9.84 Å². The molecule has 1 aromatic carbocycles. The zero-order chi connectivity index (χ0) is 14.0. The van der Waals surface area contributed by atoms with Crippen LogP contribution in [0, 0.1) is 5.82 Å². The van der Waals surface area contributed by atoms with E-state index in [1.165, 1.54) is 18.2 Å². The maximum Gasteiger partial charge on any atom is 0.155 e. The molecule has 0 saturated carbocycles. The summed E-state index contributed by atoms with van der Waals surface area (Å²) in [6, 6.07) is 3.19. The van der Waals surface area contributed by atoms with Gasteiger partial charge in [-0.25, -0.2) is 12.8 Å². The molecule has 0 aromatic heterocycles. The zero-order valence-electron chi connectivity index (χ0n) is 10.3. The molecule has 2 atom stereocenters. The molecule has 2 rings (SSSR count). The van der Waals surface area contributed by atoms with E-state index in [0.29, 0.717) is 23.4 Å². The predicted molar refractivity (Wildman–Crippen MR) is 72.9 cm³/mol. The molecule has 0 aliphatic carbocycles. The van der Waals surface area contributed by atoms with Crippen LogP contribution in [0.3, 0.4) is 0 Å². The molecule has 1 heterocycles. The smallest absolute Gasteiger partial charge is 0.155 e. The molecule has 0 amide bonds. The van der Waals surface area contributed by atoms with Crippen molar-refractivity contribution in [3.63, 3.8) is 0 Å². The highest BCUT2D eigenvalue weighted by Gasteiger charge is 2.36. The Morgan fingerprint density at radius 1 is 1.42 bits per heavy atom. The fourth-order valence-electron chi connectivity index (χ4n) is 2.50. The van der Waals surface area contributed by atoms with Gasteiger partial charge in [-0.3, -0.25) is 11.3 Å². The van der Waals surface area contributed by atoms with Crippen molar-refractivity contribution in [3.8, 4) is 0 Å². The van der Waals surface area contributed by atoms with Crippen molar-refractivity contribution < 1.29 is 12.8 Å². The van der Waals surface area contributed by atoms with Crippen LogP contribution in [0.1, 0.15) is 30.9 Å². The van der Waals surface area contributed by atoms with E-state index in [9.17, 15) is 12.8 Å². The van der Waals surface area contributed by atoms with Crippen molar-refractivity contribution in [2.24, 2.45) is 5.84 Å². The number of nitrogens with one attached hydrogen (secondary N) is 1. The third kappa shape index (κ3) is 3.08. The molecule has 2 unspecified atom stereocenters. The lowest BCUT2D eigenvalue weighted by molar-refractivity contribution is 0.452. The van der Waals surface area contributed by atoms with Crippen LogP contribution < -0.4 is 11.3 Å². The molecule has 19 heavy (non-hydrogen) atoms. The number of hydrogen-bond acceptors (Lipinski definition) is 4. The summed E-state index contributed by atoms with van der Waals surface area (Å²) >= 11 is 6.03. The van der Waals surface area contributed by atoms with Gasteiger partial charge in [0.2, 0.25) is 0 Å². The Kier molecular flexibility index (Phi) is 4.45. The Labute approximate surface area is 117 Å². The van der Waals surface area contributed by atoms with E-state index in [0.717, 1.165) is 6.42 Å². The Morgan fingerprint density at radius 2 is 2.16 bits per heavy atom. The van der Waals surface area contributed by atoms with Crippen molar-refractivity contribution in [2.45, 2.75) is 30.6 Å². The van der Waals surface area contributed by atoms with Gasteiger partial charge in [-0.05, 0) is 36.6 Å². The van der Waals surface area contributed by atoms with Gasteiger partial charge in [0.25, 0.3) is 0 Å². The fraction of sp³-hybridized carbons (Fsp3) is 0.500. The molecule has 1 aliphatic heterocycles. The number of benzene rings is 1. The topological polar surface area (TPSA) is 72.2 Å². The van der Waals surface area contributed by atoms with E-state index in [2.05, 4.69) is 5.43 Å². The number of halogens is 2. The molecular weight excluding hydrogens is 291 g/mol. The molecule has 3 N–H and O–H groups in total. The number of hydrazine groups is 1. The molecule has 4 nitrogen and oxygen atoms in total. The van der Waals surface area contributed by atoms with Gasteiger partial charge in [0, 0.05) is 5.02 Å². The molecule has 0 bridgehead atoms. The summed E-state index contributed by atoms with van der Waals surface area (Å²) < 4.78 is 37.6. The molecule has 106 valence electrons. The van der Waals surface area contributed by atoms with Gasteiger partial charge in [0.05, 0.1) is 17.0 Å². The van der Waals surface area contributed by atoms with Crippen LogP contribution in [-0.4, -0.2) is 19.4 Å². The summed E-state index contributed by atoms with van der Waals surface area (Å²) in [5.74, 6) is 5.16. The van der Waals surface area contributed by atoms with Crippen LogP contribution in [0.5, 0.6) is 0 Å². The minimum Gasteiger partial charge on any atom is -0.271 e. The van der Waals surface area contributed by atoms with Crippen molar-refractivity contribution in [2.75, 3.05) is 5.75 Å². The van der Waals surface area contributed by atoms with Crippen LogP contribution >= 0.6 is 11.6 Å². The van der Waals surface area contributed by atoms with Crippen molar-refractivity contribution in [1.82, 2.24) is 5.43 Å². The van der Waals surface area contributed by atoms with Gasteiger partial charge in [-0.2, -0.15) is 0 Å². The highest BCUT2D eigenvalue weighted by Crippen LogP contribution is 2.33. The number of nitrogens with two attached hydrogens (primary N) is 1. The molecule has 1 fully saturated rings. The summed E-state index contributed by atoms with van der Waals surface area (Å²) in [6.45, 7) is 0. The lowest BCUT2D eigenvalue weighted by Gasteiger charge is -2.30. The van der Waals surface area contributed by atoms with Crippen molar-refractivity contribution in [1.29, 1.82) is 0 Å². The summed E-state index contributed by atoms with van der Waals surface area (Å²) in [7, 11) is -3.24. The maximum absolute atomic E-state index is 13.3. The van der Waals surface area contributed by atoms with E-state index >= 15 is 0 Å². The minimum absolute atomic E-state index is 0.142. The zero-order valence-corrected chi connectivity index (χ0v) is 11.8. The average Bonchev–Trinajstić information content (AvgIpc) is 2.36. The van der Waals surface area contributed by atoms with Gasteiger partial charge in [0.1, 0.15) is 5.82 Å². The first-order valence-corrected chi connectivity index (χ1v) is 8.17. The van der Waals surface area contributed by atoms with Crippen LogP contribution in [0.25, 0.3) is 0 Å². The van der Waals surface area contributed by atoms with Gasteiger partial charge in [-0.1, -0.05) is 18.0 Å². The molecule has 0 radical (unpaired) electrons. The fourth-order valence-corrected chi connectivity index (χ4v) is 4.81. The predicted octanol–water partition coefficient (Wildman–Crippen LogP) is 1.95. The van der Waals surface area contributed by atoms with E-state index in [-0.39, 0.29) is 5.75 Å². The van der Waals surface area contributed by atoms with Crippen LogP contribution in [0.4, 0.5) is 4.39 Å². The lowest BCUT2D eigenvalue weighted by atomic mass is 10.00. The van der Waals surface area contributed by atoms with Crippen molar-refractivity contribution >= 4 is 21.4 Å². The normalized spacial score (nSPS) is 24.1. The number of sulfone groups is 1. The van der Waals surface area contributed by atoms with Gasteiger partial charge < -0.3 is 0 Å². The highest BCUT2D eigenvalue weighted by atomic mass is 35.5. The number of rotatable bonds is 3. The van der Waals surface area contributed by atoms with Gasteiger partial charge >= 0.3 is 0 Å². The molecule has 1 aromatic rings. The Hall–Kier alpha value is -0.690. The second-order valence-electron chi connectivity index (χ2n) is 4.71. The summed E-state index contributed by atoms with van der Waals surface area (Å²) in [5.41, 5.74) is 2.87. The Balaban J connectivity index is 2.41. The first-order valence-electron chi connectivity index (χ1n) is 6.08. The van der Waals surface area contributed by atoms with Gasteiger partial charge in [0.15, 0.2) is 9.84 Å². The molecule has 0 spiro atoms. The maximum atomic E-state index is 13.3. The van der Waals surface area contributed by atoms with E-state index in [1.54, 1.807) is 0 Å². The molecule has 1 aliphatic rings. The monoisotopic (exact) mass is 306 g/mol. The van der Waals surface area contributed by atoms with Crippen LogP contribution in [0.15, 0.2) is 18.2 Å². The average molecular weight is 307 g/mol. The molecule has 1 saturated heterocycles. The largest absolute Gasteiger partial charge is 0.271 e. The lowest BCUT2D eigenvalue weighted by Crippen LogP contribution is -2.43. The molecular formula is C12H16ClFN2O2S. The first-order chi connectivity index (χ1) is 8.95. The Morgan fingerprint density at radius 3 is 2.79 bits per heavy atom. The third-order valence-corrected chi connectivity index (χ3v) is 6.11. The first kappa shape index (κ1) is 14.7. The summed E-state index contributed by atoms with van der Waals surface area (Å²) in [4.78, 5) is 0. The summed E-state index contributed by atoms with van der Waals surface area (Å²) in [6.07, 6.45) is 1.98. The second-order valence-corrected chi connectivity index (χ2v) is 7.46. The van der Waals surface area contributed by atoms with E-state index < -0.39 is 26.9 Å². The highest BCUT2D eigenvalue weighted by molar-refractivity contribution is 7.92. The quantitative estimate of drug-likeness (QED) is 0.661. The SMILES string of the molecule is NNC(c1cc(F)ccc1Cl)C1CCCCS1(=O)=O. The minimum atomic E-state index is -3.24. The molecule has 7 heteroatoms. The second kappa shape index (κ2) is 5.75. The van der Waals surface area contributed by atoms with Crippen molar-refractivity contribution in [3.05, 3.63) is 34.6 Å².